The van der Waals surface area contributed by atoms with Crippen LogP contribution < -0.4 is 10.6 Å². The number of thiazole rings is 2. The van der Waals surface area contributed by atoms with Gasteiger partial charge >= 0.3 is 49.9 Å². The number of hydrogen-bond acceptors (Lipinski definition) is 6. The third-order valence-corrected chi connectivity index (χ3v) is 2.81. The molecule has 6 nitrogen and oxygen atoms in total. The second-order valence-corrected chi connectivity index (χ2v) is 21.5. The predicted octanol–water partition coefficient (Wildman–Crippen LogP) is 3.97. The van der Waals surface area contributed by atoms with E-state index in [2.05, 4.69) is 59.3 Å². The van der Waals surface area contributed by atoms with Crippen molar-refractivity contribution < 1.29 is 20.8 Å². The van der Waals surface area contributed by atoms with Gasteiger partial charge in [0.2, 0.25) is 11.8 Å². The number of aromatic nitrogens is 2. The summed E-state index contributed by atoms with van der Waals surface area (Å²) in [4.78, 5) is 28.4. The van der Waals surface area contributed by atoms with E-state index in [0.29, 0.717) is 21.5 Å². The van der Waals surface area contributed by atoms with Crippen LogP contribution in [0.25, 0.3) is 0 Å². The van der Waals surface area contributed by atoms with Crippen LogP contribution in [0.1, 0.15) is 13.8 Å². The Bertz CT molecular complexity index is 465. The average molecular weight is 733 g/mol. The molecule has 11 heteroatoms. The Kier molecular flexibility index (Phi) is 14.2. The Morgan fingerprint density at radius 3 is 1.52 bits per heavy atom. The number of carbonyl (C=O) groups is 2. The molecule has 2 aromatic heterocycles. The van der Waals surface area contributed by atoms with Crippen LogP contribution in [0.3, 0.4) is 0 Å². The van der Waals surface area contributed by atoms with Crippen molar-refractivity contribution in [3.8, 4) is 0 Å². The van der Waals surface area contributed by atoms with Crippen LogP contribution in [0.5, 0.6) is 0 Å². The molecule has 0 aliphatic carbocycles. The molecule has 0 aliphatic rings. The Hall–Kier alpha value is 0.348. The Labute approximate surface area is 160 Å². The average Bonchev–Trinajstić information content (AvgIpc) is 3.03. The van der Waals surface area contributed by atoms with Crippen molar-refractivity contribution in [2.75, 3.05) is 10.6 Å². The molecule has 0 aromatic carbocycles. The molecule has 2 N–H and O–H groups in total. The van der Waals surface area contributed by atoms with Crippen molar-refractivity contribution in [3.63, 3.8) is 0 Å². The standard InChI is InChI=1S/2C5H6N2OS.2HI.Pt/c2*1-4(8)7-5-6-2-3-9-5;;;/h2*2-3H,1H3,(H,6,7,8);2*1H;/q;;;;+2/p-2. The zero-order valence-corrected chi connectivity index (χ0v) is 19.1. The molecule has 2 rings (SSSR count). The maximum absolute atomic E-state index is 10.4. The van der Waals surface area contributed by atoms with Gasteiger partial charge in [-0.1, -0.05) is 0 Å². The van der Waals surface area contributed by atoms with E-state index in [9.17, 15) is 9.59 Å². The number of anilines is 2. The molecule has 2 aromatic rings. The van der Waals surface area contributed by atoms with Crippen LogP contribution in [0.4, 0.5) is 10.3 Å². The van der Waals surface area contributed by atoms with Crippen molar-refractivity contribution in [1.29, 1.82) is 0 Å². The zero-order chi connectivity index (χ0) is 16.1. The fourth-order valence-corrected chi connectivity index (χ4v) is 2.02. The first-order valence-electron chi connectivity index (χ1n) is 5.16. The first-order valence-corrected chi connectivity index (χ1v) is 19.8. The van der Waals surface area contributed by atoms with Crippen molar-refractivity contribution in [2.24, 2.45) is 0 Å². The van der Waals surface area contributed by atoms with Gasteiger partial charge in [-0.2, -0.15) is 0 Å². The number of nitrogens with one attached hydrogen (secondary N) is 2. The minimum absolute atomic E-state index is 0.0787. The quantitative estimate of drug-likeness (QED) is 0.459. The monoisotopic (exact) mass is 733 g/mol. The molecule has 120 valence electrons. The summed E-state index contributed by atoms with van der Waals surface area (Å²) in [5.41, 5.74) is 0. The molecule has 0 atom stereocenters. The van der Waals surface area contributed by atoms with Gasteiger partial charge in [0, 0.05) is 37.0 Å². The summed E-state index contributed by atoms with van der Waals surface area (Å²) in [6.45, 7) is 2.92. The number of rotatable bonds is 2. The molecule has 0 saturated heterocycles. The fraction of sp³-hybridized carbons (Fsp3) is 0.200. The van der Waals surface area contributed by atoms with Gasteiger partial charge in [-0.25, -0.2) is 9.97 Å². The molecule has 0 aliphatic heterocycles. The van der Waals surface area contributed by atoms with Crippen molar-refractivity contribution in [2.45, 2.75) is 13.8 Å². The van der Waals surface area contributed by atoms with E-state index in [4.69, 9.17) is 0 Å². The van der Waals surface area contributed by atoms with Crippen LogP contribution in [-0.4, -0.2) is 21.8 Å². The van der Waals surface area contributed by atoms with Gasteiger partial charge in [0.1, 0.15) is 0 Å². The normalized spacial score (nSPS) is 8.76. The van der Waals surface area contributed by atoms with E-state index in [1.165, 1.54) is 36.5 Å². The number of amides is 2. The number of hydrogen-bond donors (Lipinski definition) is 2. The van der Waals surface area contributed by atoms with E-state index in [1.807, 2.05) is 10.8 Å². The van der Waals surface area contributed by atoms with Crippen LogP contribution >= 0.6 is 61.4 Å². The Morgan fingerprint density at radius 1 is 1.00 bits per heavy atom. The second-order valence-electron chi connectivity index (χ2n) is 3.08. The zero-order valence-electron chi connectivity index (χ0n) is 10.9. The number of halogens is 2. The van der Waals surface area contributed by atoms with Gasteiger partial charge in [0.05, 0.1) is 0 Å². The molecule has 0 saturated carbocycles. The van der Waals surface area contributed by atoms with Gasteiger partial charge in [-0.15, -0.1) is 22.7 Å². The van der Waals surface area contributed by atoms with E-state index < -0.39 is 0 Å². The van der Waals surface area contributed by atoms with Crippen molar-refractivity contribution in [3.05, 3.63) is 23.2 Å². The second kappa shape index (κ2) is 14.0. The fourth-order valence-electron chi connectivity index (χ4n) is 0.872. The molecular weight excluding hydrogens is 721 g/mol. The summed E-state index contributed by atoms with van der Waals surface area (Å²) < 4.78 is 0. The molecule has 0 spiro atoms. The van der Waals surface area contributed by atoms with Gasteiger partial charge in [-0.05, 0) is 0 Å². The van der Waals surface area contributed by atoms with Gasteiger partial charge < -0.3 is 10.6 Å². The van der Waals surface area contributed by atoms with E-state index >= 15 is 0 Å². The van der Waals surface area contributed by atoms with Crippen LogP contribution in [0.2, 0.25) is 0 Å². The summed E-state index contributed by atoms with van der Waals surface area (Å²) in [5.74, 6) is -0.157. The molecule has 0 bridgehead atoms. The van der Waals surface area contributed by atoms with Gasteiger partial charge in [-0.3, -0.25) is 9.59 Å². The van der Waals surface area contributed by atoms with Crippen LogP contribution in [0.15, 0.2) is 23.2 Å². The molecule has 2 heterocycles. The molecule has 0 fully saturated rings. The van der Waals surface area contributed by atoms with Gasteiger partial charge in [0.25, 0.3) is 0 Å². The molecular formula is C10H12I2N4O2PtS2. The third kappa shape index (κ3) is 13.7. The topological polar surface area (TPSA) is 84.0 Å². The predicted molar refractivity (Wildman–Crippen MR) is 101 cm³/mol. The molecule has 21 heavy (non-hydrogen) atoms. The first kappa shape index (κ1) is 21.3. The maximum atomic E-state index is 10.4. The Balaban J connectivity index is 0.000000322. The first-order chi connectivity index (χ1) is 9.99. The van der Waals surface area contributed by atoms with Crippen LogP contribution in [-0.2, 0) is 20.8 Å². The molecule has 0 unspecified atom stereocenters. The SMILES string of the molecule is CC(=O)Nc1nccs1.CC(=O)Nc1nccs1.[I][Pt][I]. The van der Waals surface area contributed by atoms with E-state index in [-0.39, 0.29) is 11.8 Å². The summed E-state index contributed by atoms with van der Waals surface area (Å²) in [6, 6.07) is 0. The Morgan fingerprint density at radius 2 is 1.33 bits per heavy atom. The van der Waals surface area contributed by atoms with Crippen LogP contribution in [0, 0.1) is 0 Å². The van der Waals surface area contributed by atoms with Crippen molar-refractivity contribution in [1.82, 2.24) is 9.97 Å². The van der Waals surface area contributed by atoms with E-state index in [0.717, 1.165) is 0 Å². The summed E-state index contributed by atoms with van der Waals surface area (Å²) in [5, 5.41) is 10.0. The number of nitrogens with zero attached hydrogens (tertiary/aromatic N) is 2. The van der Waals surface area contributed by atoms with Crippen molar-refractivity contribution >= 4 is 83.5 Å². The van der Waals surface area contributed by atoms with Gasteiger partial charge in [0.15, 0.2) is 10.3 Å². The molecule has 2 amide bonds. The number of carbonyl (C=O) groups excluding carboxylic acids is 2. The third-order valence-electron chi connectivity index (χ3n) is 1.43. The summed E-state index contributed by atoms with van der Waals surface area (Å²) in [6.07, 6.45) is 3.30. The summed E-state index contributed by atoms with van der Waals surface area (Å²) in [7, 11) is 0. The molecule has 0 radical (unpaired) electrons. The van der Waals surface area contributed by atoms with E-state index in [1.54, 1.807) is 12.4 Å². The summed E-state index contributed by atoms with van der Waals surface area (Å²) >= 11 is 8.11. The minimum atomic E-state index is -0.0787.